The van der Waals surface area contributed by atoms with Gasteiger partial charge in [0.05, 0.1) is 12.6 Å². The van der Waals surface area contributed by atoms with E-state index in [9.17, 15) is 13.2 Å². The van der Waals surface area contributed by atoms with E-state index in [0.29, 0.717) is 13.2 Å². The Bertz CT molecular complexity index is 354. The molecular weight excluding hydrogens is 233 g/mol. The average Bonchev–Trinajstić information content (AvgIpc) is 2.87. The molecule has 0 aromatic carbocycles. The third kappa shape index (κ3) is 3.21. The lowest BCUT2D eigenvalue weighted by Crippen LogP contribution is -2.12. The van der Waals surface area contributed by atoms with Crippen molar-refractivity contribution in [2.75, 3.05) is 13.2 Å². The molecule has 17 heavy (non-hydrogen) atoms. The maximum atomic E-state index is 12.4. The first kappa shape index (κ1) is 14.0. The highest BCUT2D eigenvalue weighted by Gasteiger charge is 2.36. The van der Waals surface area contributed by atoms with Gasteiger partial charge in [-0.05, 0) is 18.9 Å². The fourth-order valence-electron chi connectivity index (χ4n) is 1.68. The molecule has 6 heteroatoms. The van der Waals surface area contributed by atoms with Gasteiger partial charge in [-0.2, -0.15) is 18.3 Å². The van der Waals surface area contributed by atoms with E-state index in [1.165, 1.54) is 17.8 Å². The summed E-state index contributed by atoms with van der Waals surface area (Å²) in [4.78, 5) is 0. The molecule has 1 aliphatic rings. The van der Waals surface area contributed by atoms with Gasteiger partial charge in [-0.15, -0.1) is 0 Å². The zero-order chi connectivity index (χ0) is 13.1. The molecule has 0 spiro atoms. The van der Waals surface area contributed by atoms with Crippen molar-refractivity contribution < 1.29 is 17.9 Å². The van der Waals surface area contributed by atoms with Crippen LogP contribution in [0.1, 0.15) is 37.6 Å². The molecule has 1 fully saturated rings. The van der Waals surface area contributed by atoms with E-state index in [1.807, 2.05) is 13.8 Å². The topological polar surface area (TPSA) is 27.1 Å². The summed E-state index contributed by atoms with van der Waals surface area (Å²) < 4.78 is 43.8. The van der Waals surface area contributed by atoms with Crippen LogP contribution in [0, 0.1) is 6.92 Å². The Kier molecular flexibility index (Phi) is 4.56. The summed E-state index contributed by atoms with van der Waals surface area (Å²) in [5, 5.41) is 3.57. The fourth-order valence-corrected chi connectivity index (χ4v) is 1.68. The molecule has 1 unspecified atom stereocenters. The number of alkyl halides is 3. The van der Waals surface area contributed by atoms with Crippen LogP contribution in [-0.4, -0.2) is 23.0 Å². The third-order valence-electron chi connectivity index (χ3n) is 2.46. The molecule has 98 valence electrons. The molecule has 2 rings (SSSR count). The quantitative estimate of drug-likeness (QED) is 0.765. The first-order valence-electron chi connectivity index (χ1n) is 5.69. The van der Waals surface area contributed by atoms with Crippen LogP contribution in [0.5, 0.6) is 0 Å². The van der Waals surface area contributed by atoms with Crippen molar-refractivity contribution in [1.82, 2.24) is 9.78 Å². The van der Waals surface area contributed by atoms with Gasteiger partial charge in [-0.3, -0.25) is 4.68 Å². The van der Waals surface area contributed by atoms with Gasteiger partial charge in [0, 0.05) is 12.8 Å². The summed E-state index contributed by atoms with van der Waals surface area (Å²) in [6.07, 6.45) is -2.21. The molecular formula is C11H17F3N2O. The second-order valence-electron chi connectivity index (χ2n) is 3.66. The summed E-state index contributed by atoms with van der Waals surface area (Å²) >= 11 is 0. The maximum absolute atomic E-state index is 12.4. The number of nitrogens with zero attached hydrogens (tertiary/aromatic N) is 2. The van der Waals surface area contributed by atoms with Gasteiger partial charge in [0.15, 0.2) is 5.69 Å². The van der Waals surface area contributed by atoms with Gasteiger partial charge >= 0.3 is 6.18 Å². The predicted molar refractivity (Wildman–Crippen MR) is 57.8 cm³/mol. The second kappa shape index (κ2) is 5.53. The molecule has 0 radical (unpaired) electrons. The Morgan fingerprint density at radius 3 is 2.47 bits per heavy atom. The van der Waals surface area contributed by atoms with Gasteiger partial charge in [-0.25, -0.2) is 0 Å². The zero-order valence-corrected chi connectivity index (χ0v) is 10.2. The molecule has 0 amide bonds. The van der Waals surface area contributed by atoms with Crippen molar-refractivity contribution in [2.24, 2.45) is 0 Å². The van der Waals surface area contributed by atoms with Gasteiger partial charge in [0.2, 0.25) is 0 Å². The molecule has 0 saturated carbocycles. The van der Waals surface area contributed by atoms with E-state index in [4.69, 9.17) is 4.74 Å². The van der Waals surface area contributed by atoms with Crippen LogP contribution in [0.2, 0.25) is 0 Å². The summed E-state index contributed by atoms with van der Waals surface area (Å²) in [5.41, 5.74) is -0.635. The number of aryl methyl sites for hydroxylation is 1. The van der Waals surface area contributed by atoms with Crippen LogP contribution < -0.4 is 0 Å². The first-order chi connectivity index (χ1) is 7.98. The molecule has 0 N–H and O–H groups in total. The Morgan fingerprint density at radius 1 is 1.41 bits per heavy atom. The van der Waals surface area contributed by atoms with E-state index >= 15 is 0 Å². The number of aromatic nitrogens is 2. The zero-order valence-electron chi connectivity index (χ0n) is 10.2. The fraction of sp³-hybridized carbons (Fsp3) is 0.727. The SMILES string of the molecule is CC.Cc1cn(C2CCOC2)nc1C(F)(F)F. The minimum Gasteiger partial charge on any atom is -0.379 e. The summed E-state index contributed by atoms with van der Waals surface area (Å²) in [6, 6.07) is -0.0557. The lowest BCUT2D eigenvalue weighted by Gasteiger charge is -2.07. The van der Waals surface area contributed by atoms with Crippen LogP contribution in [-0.2, 0) is 10.9 Å². The Labute approximate surface area is 98.6 Å². The van der Waals surface area contributed by atoms with Crippen molar-refractivity contribution in [1.29, 1.82) is 0 Å². The van der Waals surface area contributed by atoms with Crippen molar-refractivity contribution in [3.05, 3.63) is 17.5 Å². The normalized spacial score (nSPS) is 20.0. The highest BCUT2D eigenvalue weighted by atomic mass is 19.4. The Hall–Kier alpha value is -1.04. The largest absolute Gasteiger partial charge is 0.435 e. The third-order valence-corrected chi connectivity index (χ3v) is 2.46. The average molecular weight is 250 g/mol. The molecule has 0 aliphatic carbocycles. The summed E-state index contributed by atoms with van der Waals surface area (Å²) in [5.74, 6) is 0. The summed E-state index contributed by atoms with van der Waals surface area (Å²) in [7, 11) is 0. The second-order valence-corrected chi connectivity index (χ2v) is 3.66. The molecule has 1 aliphatic heterocycles. The number of rotatable bonds is 1. The molecule has 1 atom stereocenters. The van der Waals surface area contributed by atoms with E-state index in [2.05, 4.69) is 5.10 Å². The summed E-state index contributed by atoms with van der Waals surface area (Å²) in [6.45, 7) is 6.45. The molecule has 1 aromatic rings. The maximum Gasteiger partial charge on any atom is 0.435 e. The van der Waals surface area contributed by atoms with E-state index < -0.39 is 11.9 Å². The van der Waals surface area contributed by atoms with E-state index in [-0.39, 0.29) is 11.6 Å². The lowest BCUT2D eigenvalue weighted by molar-refractivity contribution is -0.142. The van der Waals surface area contributed by atoms with Gasteiger partial charge in [-0.1, -0.05) is 13.8 Å². The van der Waals surface area contributed by atoms with E-state index in [0.717, 1.165) is 6.42 Å². The molecule has 0 bridgehead atoms. The lowest BCUT2D eigenvalue weighted by atomic mass is 10.2. The monoisotopic (exact) mass is 250 g/mol. The molecule has 3 nitrogen and oxygen atoms in total. The van der Waals surface area contributed by atoms with Crippen LogP contribution in [0.25, 0.3) is 0 Å². The van der Waals surface area contributed by atoms with Crippen LogP contribution >= 0.6 is 0 Å². The van der Waals surface area contributed by atoms with Gasteiger partial charge < -0.3 is 4.74 Å². The first-order valence-corrected chi connectivity index (χ1v) is 5.69. The highest BCUT2D eigenvalue weighted by Crippen LogP contribution is 2.31. The number of hydrogen-bond acceptors (Lipinski definition) is 2. The molecule has 1 aromatic heterocycles. The van der Waals surface area contributed by atoms with Crippen molar-refractivity contribution in [3.8, 4) is 0 Å². The predicted octanol–water partition coefficient (Wildman–Crippen LogP) is 3.20. The smallest absolute Gasteiger partial charge is 0.379 e. The Balaban J connectivity index is 0.000000686. The van der Waals surface area contributed by atoms with Crippen molar-refractivity contribution >= 4 is 0 Å². The number of halogens is 3. The van der Waals surface area contributed by atoms with Crippen LogP contribution in [0.15, 0.2) is 6.20 Å². The van der Waals surface area contributed by atoms with E-state index in [1.54, 1.807) is 0 Å². The van der Waals surface area contributed by atoms with Crippen LogP contribution in [0.4, 0.5) is 13.2 Å². The van der Waals surface area contributed by atoms with Gasteiger partial charge in [0.1, 0.15) is 0 Å². The standard InChI is InChI=1S/C9H11F3N2O.C2H6/c1-6-4-14(7-2-3-15-5-7)13-8(6)9(10,11)12;1-2/h4,7H,2-3,5H2,1H3;1-2H3. The Morgan fingerprint density at radius 2 is 2.06 bits per heavy atom. The van der Waals surface area contributed by atoms with Gasteiger partial charge in [0.25, 0.3) is 0 Å². The highest BCUT2D eigenvalue weighted by molar-refractivity contribution is 5.18. The molecule has 1 saturated heterocycles. The van der Waals surface area contributed by atoms with Crippen LogP contribution in [0.3, 0.4) is 0 Å². The number of hydrogen-bond donors (Lipinski definition) is 0. The number of ether oxygens (including phenoxy) is 1. The van der Waals surface area contributed by atoms with Crippen molar-refractivity contribution in [3.63, 3.8) is 0 Å². The molecule has 2 heterocycles. The minimum absolute atomic E-state index is 0.0557. The minimum atomic E-state index is -4.37. The van der Waals surface area contributed by atoms with Crippen molar-refractivity contribution in [2.45, 2.75) is 39.4 Å².